The Morgan fingerprint density at radius 2 is 1.22 bits per heavy atom. The van der Waals surface area contributed by atoms with E-state index in [4.69, 9.17) is 4.74 Å². The average Bonchev–Trinajstić information content (AvgIpc) is 3.43. The molecule has 284 valence electrons. The van der Waals surface area contributed by atoms with Crippen LogP contribution >= 0.6 is 0 Å². The first-order valence-electron chi connectivity index (χ1n) is 22.3. The van der Waals surface area contributed by atoms with Crippen molar-refractivity contribution in [3.8, 4) is 0 Å². The molecule has 4 aliphatic carbocycles. The Hall–Kier alpha value is -0.790. The monoisotopic (exact) mass is 681 g/mol. The van der Waals surface area contributed by atoms with Gasteiger partial charge in [0.05, 0.1) is 0 Å². The van der Waals surface area contributed by atoms with Crippen LogP contribution in [0.3, 0.4) is 0 Å². The van der Waals surface area contributed by atoms with Gasteiger partial charge in [0, 0.05) is 6.42 Å². The number of hydrogen-bond acceptors (Lipinski definition) is 2. The number of fused-ring (bicyclic) bond motifs is 5. The van der Waals surface area contributed by atoms with Crippen molar-refractivity contribution in [3.63, 3.8) is 0 Å². The van der Waals surface area contributed by atoms with E-state index in [1.807, 2.05) is 0 Å². The van der Waals surface area contributed by atoms with Crippen LogP contribution in [0.5, 0.6) is 0 Å². The molecule has 0 radical (unpaired) electrons. The van der Waals surface area contributed by atoms with Crippen LogP contribution in [0, 0.1) is 64.1 Å². The summed E-state index contributed by atoms with van der Waals surface area (Å²) in [5, 5.41) is 0. The van der Waals surface area contributed by atoms with E-state index in [9.17, 15) is 4.79 Å². The summed E-state index contributed by atoms with van der Waals surface area (Å²) in [5.74, 6) is 6.90. The highest BCUT2D eigenvalue weighted by molar-refractivity contribution is 5.69. The SMILES string of the molecule is CCCCCCCCCCCCCCCCC(=O)O[C@H]1CC[C@@]2(C)[C@@H](CC[C@@H]3[C@@H]2CC[C@]2(C)[C@@H]([C@H](C)/C=C(\C)[C@H](C)C(C)C)CC[C@@H]32)[C@@H]1C. The Kier molecular flexibility index (Phi) is 16.2. The number of allylic oxidation sites excluding steroid dienone is 2. The molecule has 0 aromatic carbocycles. The van der Waals surface area contributed by atoms with Crippen LogP contribution in [0.2, 0.25) is 0 Å². The maximum Gasteiger partial charge on any atom is 0.306 e. The summed E-state index contributed by atoms with van der Waals surface area (Å²) in [6.45, 7) is 22.2. The van der Waals surface area contributed by atoms with Crippen LogP contribution in [0.15, 0.2) is 11.6 Å². The predicted octanol–water partition coefficient (Wildman–Crippen LogP) is 14.5. The summed E-state index contributed by atoms with van der Waals surface area (Å²) < 4.78 is 6.29. The zero-order valence-corrected chi connectivity index (χ0v) is 34.4. The van der Waals surface area contributed by atoms with Crippen molar-refractivity contribution in [1.82, 2.24) is 0 Å². The molecule has 0 spiro atoms. The van der Waals surface area contributed by atoms with E-state index in [0.717, 1.165) is 42.4 Å². The highest BCUT2D eigenvalue weighted by atomic mass is 16.5. The summed E-state index contributed by atoms with van der Waals surface area (Å²) >= 11 is 0. The largest absolute Gasteiger partial charge is 0.462 e. The molecule has 4 aliphatic rings. The maximum absolute atomic E-state index is 13.0. The van der Waals surface area contributed by atoms with Gasteiger partial charge in [-0.1, -0.05) is 151 Å². The van der Waals surface area contributed by atoms with Gasteiger partial charge in [-0.25, -0.2) is 0 Å². The second kappa shape index (κ2) is 19.3. The van der Waals surface area contributed by atoms with Crippen LogP contribution in [0.1, 0.15) is 210 Å². The Bertz CT molecular complexity index is 1010. The van der Waals surface area contributed by atoms with Gasteiger partial charge in [-0.15, -0.1) is 0 Å². The lowest BCUT2D eigenvalue weighted by molar-refractivity contribution is -0.175. The molecule has 49 heavy (non-hydrogen) atoms. The molecule has 0 aromatic heterocycles. The fraction of sp³-hybridized carbons (Fsp3) is 0.936. The first-order valence-corrected chi connectivity index (χ1v) is 22.3. The molecule has 11 atom stereocenters. The lowest BCUT2D eigenvalue weighted by Gasteiger charge is -2.62. The van der Waals surface area contributed by atoms with E-state index in [2.05, 4.69) is 68.4 Å². The van der Waals surface area contributed by atoms with Gasteiger partial charge >= 0.3 is 5.97 Å². The molecular weight excluding hydrogens is 597 g/mol. The molecule has 0 aliphatic heterocycles. The molecule has 4 fully saturated rings. The van der Waals surface area contributed by atoms with Crippen molar-refractivity contribution in [2.45, 2.75) is 216 Å². The van der Waals surface area contributed by atoms with Gasteiger partial charge in [0.2, 0.25) is 0 Å². The second-order valence-corrected chi connectivity index (χ2v) is 19.4. The summed E-state index contributed by atoms with van der Waals surface area (Å²) in [4.78, 5) is 13.0. The third-order valence-corrected chi connectivity index (χ3v) is 16.1. The van der Waals surface area contributed by atoms with E-state index >= 15 is 0 Å². The summed E-state index contributed by atoms with van der Waals surface area (Å²) in [6.07, 6.45) is 33.2. The summed E-state index contributed by atoms with van der Waals surface area (Å²) in [7, 11) is 0. The smallest absolute Gasteiger partial charge is 0.306 e. The normalized spacial score (nSPS) is 35.8. The van der Waals surface area contributed by atoms with Crippen LogP contribution in [0.4, 0.5) is 0 Å². The van der Waals surface area contributed by atoms with E-state index in [1.54, 1.807) is 5.57 Å². The minimum atomic E-state index is 0.0831. The molecule has 0 N–H and O–H groups in total. The molecule has 4 saturated carbocycles. The van der Waals surface area contributed by atoms with E-state index in [1.165, 1.54) is 128 Å². The number of carbonyl (C=O) groups is 1. The number of unbranched alkanes of at least 4 members (excludes halogenated alkanes) is 13. The van der Waals surface area contributed by atoms with Gasteiger partial charge < -0.3 is 4.74 Å². The number of hydrogen-bond donors (Lipinski definition) is 0. The maximum atomic E-state index is 13.0. The minimum absolute atomic E-state index is 0.0831. The van der Waals surface area contributed by atoms with Crippen molar-refractivity contribution in [3.05, 3.63) is 11.6 Å². The Balaban J connectivity index is 1.17. The van der Waals surface area contributed by atoms with Crippen LogP contribution < -0.4 is 0 Å². The van der Waals surface area contributed by atoms with E-state index < -0.39 is 0 Å². The van der Waals surface area contributed by atoms with Crippen molar-refractivity contribution in [2.75, 3.05) is 0 Å². The molecule has 0 saturated heterocycles. The number of rotatable bonds is 20. The quantitative estimate of drug-likeness (QED) is 0.0727. The lowest BCUT2D eigenvalue weighted by atomic mass is 9.43. The average molecular weight is 681 g/mol. The first kappa shape index (κ1) is 41.0. The Labute approximate surface area is 306 Å². The van der Waals surface area contributed by atoms with Gasteiger partial charge in [0.15, 0.2) is 0 Å². The molecular formula is C47H84O2. The van der Waals surface area contributed by atoms with Gasteiger partial charge in [0.1, 0.15) is 6.10 Å². The van der Waals surface area contributed by atoms with Gasteiger partial charge in [-0.05, 0) is 129 Å². The van der Waals surface area contributed by atoms with Crippen molar-refractivity contribution in [2.24, 2.45) is 64.1 Å². The van der Waals surface area contributed by atoms with Crippen molar-refractivity contribution >= 4 is 5.97 Å². The molecule has 0 bridgehead atoms. The summed E-state index contributed by atoms with van der Waals surface area (Å²) in [6, 6.07) is 0. The Morgan fingerprint density at radius 3 is 1.82 bits per heavy atom. The third kappa shape index (κ3) is 10.2. The highest BCUT2D eigenvalue weighted by Crippen LogP contribution is 2.69. The standard InChI is InChI=1S/C47H84O2/c1-10-11-12-13-14-15-16-17-18-19-20-21-22-23-24-45(48)49-44-30-32-47(9)41(38(44)7)26-25-39-42-28-27-40(46(42,8)31-29-43(39)47)36(5)33-35(4)37(6)34(2)3/h33-34,36-44H,10-32H2,1-9H3/b35-33+/t36-,37-,38+,39+,40-,41+,42+,43+,44+,46-,47+/m1/s1. The molecule has 0 aromatic rings. The van der Waals surface area contributed by atoms with Crippen LogP contribution in [-0.2, 0) is 9.53 Å². The summed E-state index contributed by atoms with van der Waals surface area (Å²) in [5.41, 5.74) is 2.55. The van der Waals surface area contributed by atoms with Gasteiger partial charge in [-0.2, -0.15) is 0 Å². The first-order chi connectivity index (χ1) is 23.4. The van der Waals surface area contributed by atoms with Crippen LogP contribution in [-0.4, -0.2) is 12.1 Å². The predicted molar refractivity (Wildman–Crippen MR) is 211 cm³/mol. The minimum Gasteiger partial charge on any atom is -0.462 e. The zero-order valence-electron chi connectivity index (χ0n) is 34.4. The van der Waals surface area contributed by atoms with Crippen LogP contribution in [0.25, 0.3) is 0 Å². The molecule has 2 heteroatoms. The number of esters is 1. The molecule has 0 unspecified atom stereocenters. The van der Waals surface area contributed by atoms with Crippen molar-refractivity contribution in [1.29, 1.82) is 0 Å². The lowest BCUT2D eigenvalue weighted by Crippen LogP contribution is -2.56. The fourth-order valence-electron chi connectivity index (χ4n) is 12.7. The van der Waals surface area contributed by atoms with E-state index in [0.29, 0.717) is 40.9 Å². The Morgan fingerprint density at radius 1 is 0.694 bits per heavy atom. The molecule has 0 amide bonds. The number of ether oxygens (including phenoxy) is 1. The van der Waals surface area contributed by atoms with E-state index in [-0.39, 0.29) is 12.1 Å². The van der Waals surface area contributed by atoms with Gasteiger partial charge in [0.25, 0.3) is 0 Å². The zero-order chi connectivity index (χ0) is 35.6. The second-order valence-electron chi connectivity index (χ2n) is 19.4. The van der Waals surface area contributed by atoms with Crippen molar-refractivity contribution < 1.29 is 9.53 Å². The third-order valence-electron chi connectivity index (χ3n) is 16.1. The highest BCUT2D eigenvalue weighted by Gasteiger charge is 2.61. The fourth-order valence-corrected chi connectivity index (χ4v) is 12.7. The molecule has 4 rings (SSSR count). The number of carbonyl (C=O) groups excluding carboxylic acids is 1. The van der Waals surface area contributed by atoms with Gasteiger partial charge in [-0.3, -0.25) is 4.79 Å². The topological polar surface area (TPSA) is 26.3 Å². The molecule has 2 nitrogen and oxygen atoms in total. The molecule has 0 heterocycles.